The van der Waals surface area contributed by atoms with Gasteiger partial charge in [-0.15, -0.1) is 12.3 Å². The van der Waals surface area contributed by atoms with Crippen molar-refractivity contribution in [2.75, 3.05) is 13.7 Å². The predicted octanol–water partition coefficient (Wildman–Crippen LogP) is 4.33. The molecular formula is C22H26N2O3. The minimum atomic E-state index is -0.931. The number of carboxylic acids is 1. The van der Waals surface area contributed by atoms with Crippen LogP contribution in [0.25, 0.3) is 11.3 Å². The number of carboxylic acid groups (broad SMARTS) is 1. The predicted molar refractivity (Wildman–Crippen MR) is 110 cm³/mol. The highest BCUT2D eigenvalue weighted by Gasteiger charge is 2.10. The molecule has 0 fully saturated rings. The minimum absolute atomic E-state index is 0.281. The monoisotopic (exact) mass is 366 g/mol. The van der Waals surface area contributed by atoms with Crippen molar-refractivity contribution in [1.82, 2.24) is 9.78 Å². The van der Waals surface area contributed by atoms with E-state index < -0.39 is 5.97 Å². The highest BCUT2D eigenvalue weighted by molar-refractivity contribution is 5.90. The van der Waals surface area contributed by atoms with Crippen molar-refractivity contribution in [2.24, 2.45) is 0 Å². The van der Waals surface area contributed by atoms with Crippen LogP contribution in [0.2, 0.25) is 0 Å². The minimum Gasteiger partial charge on any atom is -0.478 e. The molecule has 0 bridgehead atoms. The number of hydrogen-bond donors (Lipinski definition) is 1. The quantitative estimate of drug-likeness (QED) is 0.576. The lowest BCUT2D eigenvalue weighted by molar-refractivity contribution is -0.132. The topological polar surface area (TPSA) is 64.3 Å². The normalized spacial score (nSPS) is 13.9. The Labute approximate surface area is 161 Å². The molecule has 0 radical (unpaired) electrons. The van der Waals surface area contributed by atoms with Crippen molar-refractivity contribution in [2.45, 2.75) is 26.7 Å². The molecule has 0 aromatic carbocycles. The van der Waals surface area contributed by atoms with E-state index in [1.54, 1.807) is 30.0 Å². The van der Waals surface area contributed by atoms with Crippen LogP contribution in [-0.4, -0.2) is 34.6 Å². The number of rotatable bonds is 7. The lowest BCUT2D eigenvalue weighted by Gasteiger charge is -2.04. The number of ether oxygens (including phenoxy) is 1. The Morgan fingerprint density at radius 1 is 1.48 bits per heavy atom. The Morgan fingerprint density at radius 3 is 2.93 bits per heavy atom. The molecule has 0 aliphatic heterocycles. The Morgan fingerprint density at radius 2 is 2.26 bits per heavy atom. The molecule has 27 heavy (non-hydrogen) atoms. The van der Waals surface area contributed by atoms with Gasteiger partial charge in [-0.25, -0.2) is 9.48 Å². The van der Waals surface area contributed by atoms with Crippen LogP contribution >= 0.6 is 0 Å². The molecule has 0 atom stereocenters. The Bertz CT molecular complexity index is 815. The van der Waals surface area contributed by atoms with E-state index >= 15 is 0 Å². The average Bonchev–Trinajstić information content (AvgIpc) is 3.03. The maximum Gasteiger partial charge on any atom is 0.335 e. The van der Waals surface area contributed by atoms with Gasteiger partial charge in [-0.2, -0.15) is 5.10 Å². The molecule has 0 amide bonds. The molecule has 5 heteroatoms. The summed E-state index contributed by atoms with van der Waals surface area (Å²) in [4.78, 5) is 11.1. The van der Waals surface area contributed by atoms with Crippen LogP contribution in [0.4, 0.5) is 0 Å². The van der Waals surface area contributed by atoms with Gasteiger partial charge in [0.2, 0.25) is 0 Å². The first-order valence-electron chi connectivity index (χ1n) is 8.82. The van der Waals surface area contributed by atoms with Crippen molar-refractivity contribution >= 4 is 17.2 Å². The maximum atomic E-state index is 11.1. The fourth-order valence-corrected chi connectivity index (χ4v) is 2.27. The molecule has 1 aliphatic rings. The van der Waals surface area contributed by atoms with Crippen LogP contribution in [0.3, 0.4) is 0 Å². The number of nitrogens with zero attached hydrogens (tertiary/aromatic N) is 2. The average molecular weight is 366 g/mol. The van der Waals surface area contributed by atoms with Crippen LogP contribution < -0.4 is 0 Å². The van der Waals surface area contributed by atoms with Crippen molar-refractivity contribution in [3.05, 3.63) is 66.1 Å². The van der Waals surface area contributed by atoms with E-state index in [0.717, 1.165) is 17.0 Å². The molecule has 5 nitrogen and oxygen atoms in total. The van der Waals surface area contributed by atoms with Gasteiger partial charge >= 0.3 is 5.97 Å². The summed E-state index contributed by atoms with van der Waals surface area (Å²) in [6.45, 7) is 4.46. The summed E-state index contributed by atoms with van der Waals surface area (Å²) in [5.41, 5.74) is 2.88. The standard InChI is InChI=1S/C20H20N2O3.C2H6/c1-3-4-5-9-18(13-15-25-2)22-14-12-19(21-22)16-7-6-8-17(11-10-16)20(23)24;1-2/h1,5-9,11-14H,4,10,15H2,2H3,(H,23,24);1-2H3/b9-5-,18-13+;. The van der Waals surface area contributed by atoms with Crippen LogP contribution in [0.1, 0.15) is 32.4 Å². The Balaban J connectivity index is 0.00000176. The van der Waals surface area contributed by atoms with E-state index in [-0.39, 0.29) is 5.57 Å². The van der Waals surface area contributed by atoms with Crippen LogP contribution in [0.5, 0.6) is 0 Å². The first-order valence-corrected chi connectivity index (χ1v) is 8.82. The smallest absolute Gasteiger partial charge is 0.335 e. The molecular weight excluding hydrogens is 340 g/mol. The molecule has 1 N–H and O–H groups in total. The number of carbonyl (C=O) groups is 1. The Kier molecular flexibility index (Phi) is 9.98. The van der Waals surface area contributed by atoms with Crippen molar-refractivity contribution in [1.29, 1.82) is 0 Å². The molecule has 0 saturated carbocycles. The van der Waals surface area contributed by atoms with Crippen molar-refractivity contribution in [3.63, 3.8) is 0 Å². The maximum absolute atomic E-state index is 11.1. The first kappa shape index (κ1) is 21.9. The second-order valence-corrected chi connectivity index (χ2v) is 5.26. The summed E-state index contributed by atoms with van der Waals surface area (Å²) >= 11 is 0. The Hall–Kier alpha value is -3.10. The SMILES string of the molecule is C#CC/C=C\C(=C/COC)n1ccc(C2=CC=CC(C(=O)O)=CC2)n1.CC. The van der Waals surface area contributed by atoms with E-state index in [0.29, 0.717) is 19.4 Å². The van der Waals surface area contributed by atoms with Gasteiger partial charge in [0.15, 0.2) is 0 Å². The zero-order chi connectivity index (χ0) is 20.1. The lowest BCUT2D eigenvalue weighted by Crippen LogP contribution is -1.99. The van der Waals surface area contributed by atoms with Crippen molar-refractivity contribution in [3.8, 4) is 12.3 Å². The van der Waals surface area contributed by atoms with E-state index in [9.17, 15) is 4.79 Å². The zero-order valence-corrected chi connectivity index (χ0v) is 16.1. The largest absolute Gasteiger partial charge is 0.478 e. The van der Waals surface area contributed by atoms with E-state index in [2.05, 4.69) is 11.0 Å². The number of hydrogen-bond acceptors (Lipinski definition) is 3. The van der Waals surface area contributed by atoms with Crippen molar-refractivity contribution < 1.29 is 14.6 Å². The number of methoxy groups -OCH3 is 1. The van der Waals surface area contributed by atoms with Gasteiger partial charge in [-0.3, -0.25) is 0 Å². The third-order valence-corrected chi connectivity index (χ3v) is 3.53. The molecule has 1 aliphatic carbocycles. The fourth-order valence-electron chi connectivity index (χ4n) is 2.27. The first-order chi connectivity index (χ1) is 13.2. The van der Waals surface area contributed by atoms with Crippen LogP contribution in [0, 0.1) is 12.3 Å². The van der Waals surface area contributed by atoms with Gasteiger partial charge in [-0.1, -0.05) is 38.2 Å². The lowest BCUT2D eigenvalue weighted by atomic mass is 10.1. The molecule has 142 valence electrons. The van der Waals surface area contributed by atoms with E-state index in [4.69, 9.17) is 16.3 Å². The summed E-state index contributed by atoms with van der Waals surface area (Å²) in [6.07, 6.45) is 20.8. The van der Waals surface area contributed by atoms with Gasteiger partial charge in [0.05, 0.1) is 23.6 Å². The highest BCUT2D eigenvalue weighted by atomic mass is 16.5. The van der Waals surface area contributed by atoms with Gasteiger partial charge in [-0.05, 0) is 36.3 Å². The number of aliphatic carboxylic acids is 1. The highest BCUT2D eigenvalue weighted by Crippen LogP contribution is 2.22. The molecule has 1 heterocycles. The molecule has 2 rings (SSSR count). The second kappa shape index (κ2) is 12.3. The summed E-state index contributed by atoms with van der Waals surface area (Å²) in [7, 11) is 1.63. The molecule has 0 saturated heterocycles. The molecule has 0 spiro atoms. The van der Waals surface area contributed by atoms with Crippen LogP contribution in [0.15, 0.2) is 60.4 Å². The number of aromatic nitrogens is 2. The third-order valence-electron chi connectivity index (χ3n) is 3.53. The van der Waals surface area contributed by atoms with Gasteiger partial charge < -0.3 is 9.84 Å². The number of terminal acetylenes is 1. The van der Waals surface area contributed by atoms with Gasteiger partial charge in [0.25, 0.3) is 0 Å². The summed E-state index contributed by atoms with van der Waals surface area (Å²) in [6, 6.07) is 1.90. The van der Waals surface area contributed by atoms with Crippen LogP contribution in [-0.2, 0) is 9.53 Å². The molecule has 0 unspecified atom stereocenters. The summed E-state index contributed by atoms with van der Waals surface area (Å²) in [5, 5.41) is 13.7. The second-order valence-electron chi connectivity index (χ2n) is 5.26. The third kappa shape index (κ3) is 6.96. The fraction of sp³-hybridized carbons (Fsp3) is 0.273. The molecule has 1 aromatic rings. The van der Waals surface area contributed by atoms with E-state index in [1.807, 2.05) is 50.4 Å². The van der Waals surface area contributed by atoms with Gasteiger partial charge in [0, 0.05) is 19.7 Å². The summed E-state index contributed by atoms with van der Waals surface area (Å²) in [5.74, 6) is 1.63. The molecule has 1 aromatic heterocycles. The number of allylic oxidation sites excluding steroid dienone is 7. The van der Waals surface area contributed by atoms with Gasteiger partial charge in [0.1, 0.15) is 0 Å². The summed E-state index contributed by atoms with van der Waals surface area (Å²) < 4.78 is 6.85. The zero-order valence-electron chi connectivity index (χ0n) is 16.1. The van der Waals surface area contributed by atoms with E-state index in [1.165, 1.54) is 0 Å².